The van der Waals surface area contributed by atoms with Crippen LogP contribution in [-0.4, -0.2) is 49.2 Å². The average molecular weight is 395 g/mol. The van der Waals surface area contributed by atoms with Gasteiger partial charge < -0.3 is 15.5 Å². The molecule has 0 saturated carbocycles. The van der Waals surface area contributed by atoms with Crippen LogP contribution in [0.5, 0.6) is 0 Å². The van der Waals surface area contributed by atoms with Crippen molar-refractivity contribution in [3.63, 3.8) is 0 Å². The first-order chi connectivity index (χ1) is 8.43. The normalized spacial score (nSPS) is 11.1. The zero-order chi connectivity index (χ0) is 14.0. The van der Waals surface area contributed by atoms with E-state index in [1.165, 1.54) is 12.8 Å². The number of hydrogen-bond donors (Lipinski definition) is 0. The molecule has 0 heterocycles. The van der Waals surface area contributed by atoms with Crippen LogP contribution in [0, 0.1) is 0 Å². The fraction of sp³-hybridized carbons (Fsp3) is 1.00. The van der Waals surface area contributed by atoms with Crippen LogP contribution in [0.25, 0.3) is 10.6 Å². The molecule has 0 aliphatic heterocycles. The fourth-order valence-corrected chi connectivity index (χ4v) is 1.87. The second kappa shape index (κ2) is 16.9. The summed E-state index contributed by atoms with van der Waals surface area (Å²) in [6.45, 7) is 17.5. The van der Waals surface area contributed by atoms with Crippen molar-refractivity contribution in [1.82, 2.24) is 4.90 Å². The zero-order valence-corrected chi connectivity index (χ0v) is 18.6. The van der Waals surface area contributed by atoms with E-state index in [0.29, 0.717) is 18.1 Å². The Morgan fingerprint density at radius 1 is 0.750 bits per heavy atom. The van der Waals surface area contributed by atoms with Crippen LogP contribution in [0.4, 0.5) is 0 Å². The number of nitrogens with zero attached hydrogens (tertiary/aromatic N) is 3. The van der Waals surface area contributed by atoms with Crippen LogP contribution in [0.15, 0.2) is 0 Å². The van der Waals surface area contributed by atoms with Crippen molar-refractivity contribution < 1.29 is 51.3 Å². The van der Waals surface area contributed by atoms with Gasteiger partial charge in [-0.2, -0.15) is 0 Å². The third-order valence-corrected chi connectivity index (χ3v) is 2.93. The first-order valence-corrected chi connectivity index (χ1v) is 7.50. The van der Waals surface area contributed by atoms with Crippen molar-refractivity contribution in [1.29, 1.82) is 0 Å². The van der Waals surface area contributed by atoms with Crippen molar-refractivity contribution in [2.45, 2.75) is 72.5 Å². The van der Waals surface area contributed by atoms with E-state index in [1.807, 2.05) is 0 Å². The Kier molecular flexibility index (Phi) is 22.4. The van der Waals surface area contributed by atoms with Crippen molar-refractivity contribution >= 4 is 0 Å². The molecule has 20 heavy (non-hydrogen) atoms. The maximum atomic E-state index is 4.53. The topological polar surface area (TPSA) is 31.4 Å². The molecule has 2 radical (unpaired) electrons. The molecule has 0 N–H and O–H groups in total. The van der Waals surface area contributed by atoms with E-state index in [4.69, 9.17) is 0 Å². The van der Waals surface area contributed by atoms with Gasteiger partial charge in [-0.05, 0) is 26.9 Å². The van der Waals surface area contributed by atoms with E-state index in [2.05, 4.69) is 57.1 Å². The van der Waals surface area contributed by atoms with E-state index in [-0.39, 0.29) is 51.3 Å². The molecule has 0 aromatic rings. The molecule has 0 fully saturated rings. The van der Waals surface area contributed by atoms with E-state index >= 15 is 0 Å². The maximum Gasteiger partial charge on any atom is 0.00385 e. The number of hydrogen-bond acceptors (Lipinski definition) is 1. The summed E-state index contributed by atoms with van der Waals surface area (Å²) in [4.78, 5) is 2.55. The van der Waals surface area contributed by atoms with Crippen molar-refractivity contribution in [2.24, 2.45) is 0 Å². The third-order valence-electron chi connectivity index (χ3n) is 2.93. The predicted molar refractivity (Wildman–Crippen MR) is 82.7 cm³/mol. The second-order valence-electron chi connectivity index (χ2n) is 5.84. The van der Waals surface area contributed by atoms with E-state index in [1.54, 1.807) is 0 Å². The van der Waals surface area contributed by atoms with Gasteiger partial charge in [0.1, 0.15) is 0 Å². The molecule has 0 aromatic heterocycles. The average Bonchev–Trinajstić information content (AvgIpc) is 2.25. The standard InChI is InChI=1S/C15H33N3.V.Y/c1-13(2)16-9-7-11-18(15(5)6)12-8-10-17-14(3)4;;/h13-15H,7-12H2,1-6H3;;/q-2;;. The molecule has 0 amide bonds. The Morgan fingerprint density at radius 3 is 1.35 bits per heavy atom. The van der Waals surface area contributed by atoms with Crippen LogP contribution < -0.4 is 0 Å². The molecule has 0 atom stereocenters. The largest absolute Gasteiger partial charge is 0.660 e. The molecular formula is C15H33N3VY-2. The van der Waals surface area contributed by atoms with Gasteiger partial charge in [-0.25, -0.2) is 0 Å². The maximum absolute atomic E-state index is 4.53. The summed E-state index contributed by atoms with van der Waals surface area (Å²) in [5, 5.41) is 9.06. The Hall–Kier alpha value is 1.57. The fourth-order valence-electron chi connectivity index (χ4n) is 1.87. The summed E-state index contributed by atoms with van der Waals surface area (Å²) in [6.07, 6.45) is 2.36. The first-order valence-electron chi connectivity index (χ1n) is 7.50. The smallest absolute Gasteiger partial charge is 0.00385 e. The summed E-state index contributed by atoms with van der Waals surface area (Å²) in [7, 11) is 0. The molecule has 5 heteroatoms. The van der Waals surface area contributed by atoms with E-state index < -0.39 is 0 Å². The summed E-state index contributed by atoms with van der Waals surface area (Å²) in [5.74, 6) is 0. The molecule has 3 nitrogen and oxygen atoms in total. The van der Waals surface area contributed by atoms with Crippen molar-refractivity contribution in [3.05, 3.63) is 10.6 Å². The Morgan fingerprint density at radius 2 is 1.10 bits per heavy atom. The zero-order valence-electron chi connectivity index (χ0n) is 14.3. The molecular weight excluding hydrogens is 362 g/mol. The summed E-state index contributed by atoms with van der Waals surface area (Å²) >= 11 is 0. The summed E-state index contributed by atoms with van der Waals surface area (Å²) < 4.78 is 0. The molecule has 0 rings (SSSR count). The minimum atomic E-state index is 0. The van der Waals surface area contributed by atoms with E-state index in [0.717, 1.165) is 26.2 Å². The minimum Gasteiger partial charge on any atom is -0.660 e. The molecule has 0 aromatic carbocycles. The SMILES string of the molecule is CC(C)[N-]CCCN(CCC[N-]C(C)C)C(C)C.[V].[Y]. The van der Waals surface area contributed by atoms with E-state index in [9.17, 15) is 0 Å². The quantitative estimate of drug-likeness (QED) is 0.486. The van der Waals surface area contributed by atoms with Gasteiger partial charge in [0.05, 0.1) is 0 Å². The molecule has 0 unspecified atom stereocenters. The molecule has 0 saturated heterocycles. The van der Waals surface area contributed by atoms with Gasteiger partial charge >= 0.3 is 0 Å². The monoisotopic (exact) mass is 395 g/mol. The number of rotatable bonds is 11. The van der Waals surface area contributed by atoms with Crippen LogP contribution in [0.3, 0.4) is 0 Å². The first kappa shape index (κ1) is 26.5. The van der Waals surface area contributed by atoms with Crippen molar-refractivity contribution in [2.75, 3.05) is 26.2 Å². The van der Waals surface area contributed by atoms with Gasteiger partial charge in [0.25, 0.3) is 0 Å². The Bertz CT molecular complexity index is 174. The Balaban J connectivity index is -0.00000144. The van der Waals surface area contributed by atoms with Gasteiger partial charge in [0.15, 0.2) is 0 Å². The molecule has 0 bridgehead atoms. The second-order valence-corrected chi connectivity index (χ2v) is 5.84. The summed E-state index contributed by atoms with van der Waals surface area (Å²) in [5.41, 5.74) is 0. The minimum absolute atomic E-state index is 0. The summed E-state index contributed by atoms with van der Waals surface area (Å²) in [6, 6.07) is 1.58. The van der Waals surface area contributed by atoms with Gasteiger partial charge in [-0.1, -0.05) is 40.5 Å². The van der Waals surface area contributed by atoms with Gasteiger partial charge in [0, 0.05) is 57.3 Å². The molecule has 0 aliphatic rings. The van der Waals surface area contributed by atoms with Crippen LogP contribution >= 0.6 is 0 Å². The van der Waals surface area contributed by atoms with Crippen LogP contribution in [0.2, 0.25) is 0 Å². The van der Waals surface area contributed by atoms with Gasteiger partial charge in [-0.15, -0.1) is 25.2 Å². The van der Waals surface area contributed by atoms with Gasteiger partial charge in [0.2, 0.25) is 0 Å². The van der Waals surface area contributed by atoms with Gasteiger partial charge in [-0.3, -0.25) is 0 Å². The van der Waals surface area contributed by atoms with Crippen LogP contribution in [-0.2, 0) is 51.3 Å². The van der Waals surface area contributed by atoms with Crippen molar-refractivity contribution in [3.8, 4) is 0 Å². The Labute approximate surface area is 164 Å². The third kappa shape index (κ3) is 17.6. The molecule has 0 aliphatic carbocycles. The van der Waals surface area contributed by atoms with Crippen LogP contribution in [0.1, 0.15) is 54.4 Å². The molecule has 118 valence electrons. The predicted octanol–water partition coefficient (Wildman–Crippen LogP) is 4.04. The molecule has 0 spiro atoms.